The van der Waals surface area contributed by atoms with E-state index in [1.54, 1.807) is 6.07 Å². The second-order valence-corrected chi connectivity index (χ2v) is 4.61. The highest BCUT2D eigenvalue weighted by atomic mass is 127. The van der Waals surface area contributed by atoms with E-state index in [0.29, 0.717) is 6.42 Å². The number of hydrogen-bond donors (Lipinski definition) is 2. The lowest BCUT2D eigenvalue weighted by Crippen LogP contribution is -2.18. The Morgan fingerprint density at radius 3 is 2.93 bits per heavy atom. The van der Waals surface area contributed by atoms with E-state index in [-0.39, 0.29) is 17.7 Å². The number of hydrogen-bond acceptors (Lipinski definition) is 2. The molecule has 0 bridgehead atoms. The summed E-state index contributed by atoms with van der Waals surface area (Å²) in [4.78, 5) is 11.0. The van der Waals surface area contributed by atoms with Gasteiger partial charge in [0.05, 0.1) is 6.04 Å². The number of halogens is 1. The molecule has 1 aliphatic rings. The fourth-order valence-electron chi connectivity index (χ4n) is 1.65. The van der Waals surface area contributed by atoms with Crippen molar-refractivity contribution in [2.45, 2.75) is 18.9 Å². The lowest BCUT2D eigenvalue weighted by Gasteiger charge is -2.12. The van der Waals surface area contributed by atoms with Crippen LogP contribution in [0.25, 0.3) is 0 Å². The molecule has 3 nitrogen and oxygen atoms in total. The minimum atomic E-state index is -0.0165. The van der Waals surface area contributed by atoms with Crippen molar-refractivity contribution < 1.29 is 9.90 Å². The van der Waals surface area contributed by atoms with Gasteiger partial charge in [-0.3, -0.25) is 4.79 Å². The first kappa shape index (κ1) is 9.76. The molecule has 1 aromatic carbocycles. The van der Waals surface area contributed by atoms with Crippen LogP contribution in [0.3, 0.4) is 0 Å². The van der Waals surface area contributed by atoms with Crippen LogP contribution in [0.1, 0.15) is 24.4 Å². The Hall–Kier alpha value is -0.780. The molecule has 1 fully saturated rings. The summed E-state index contributed by atoms with van der Waals surface area (Å²) >= 11 is 2.19. The van der Waals surface area contributed by atoms with E-state index in [1.807, 2.05) is 12.1 Å². The second kappa shape index (κ2) is 3.76. The SMILES string of the molecule is O=C1CC[C@@H](c2cc(I)ccc2O)N1. The Balaban J connectivity index is 2.31. The van der Waals surface area contributed by atoms with Gasteiger partial charge in [0.15, 0.2) is 0 Å². The average molecular weight is 303 g/mol. The topological polar surface area (TPSA) is 49.3 Å². The molecule has 1 aromatic rings. The molecular weight excluding hydrogens is 293 g/mol. The zero-order valence-electron chi connectivity index (χ0n) is 7.46. The van der Waals surface area contributed by atoms with Gasteiger partial charge in [-0.1, -0.05) is 0 Å². The summed E-state index contributed by atoms with van der Waals surface area (Å²) in [6.45, 7) is 0. The maximum Gasteiger partial charge on any atom is 0.220 e. The number of amides is 1. The molecule has 0 aliphatic carbocycles. The van der Waals surface area contributed by atoms with Crippen LogP contribution in [-0.4, -0.2) is 11.0 Å². The highest BCUT2D eigenvalue weighted by molar-refractivity contribution is 14.1. The van der Waals surface area contributed by atoms with Crippen molar-refractivity contribution in [3.05, 3.63) is 27.3 Å². The molecule has 1 heterocycles. The fraction of sp³-hybridized carbons (Fsp3) is 0.300. The number of phenols is 1. The molecule has 2 N–H and O–H groups in total. The third-order valence-corrected chi connectivity index (χ3v) is 3.03. The fourth-order valence-corrected chi connectivity index (χ4v) is 2.17. The Bertz CT molecular complexity index is 378. The number of aromatic hydroxyl groups is 1. The standard InChI is InChI=1S/C10H10INO2/c11-6-1-3-9(13)7(5-6)8-2-4-10(14)12-8/h1,3,5,8,13H,2,4H2,(H,12,14)/t8-/m0/s1. The summed E-state index contributed by atoms with van der Waals surface area (Å²) in [5.74, 6) is 0.325. The number of phenolic OH excluding ortho intramolecular Hbond substituents is 1. The van der Waals surface area contributed by atoms with E-state index in [0.717, 1.165) is 15.6 Å². The zero-order chi connectivity index (χ0) is 10.1. The van der Waals surface area contributed by atoms with Crippen LogP contribution in [0, 0.1) is 3.57 Å². The van der Waals surface area contributed by atoms with Crippen LogP contribution >= 0.6 is 22.6 Å². The molecule has 0 unspecified atom stereocenters. The maximum atomic E-state index is 11.0. The van der Waals surface area contributed by atoms with Crippen molar-refractivity contribution in [3.8, 4) is 5.75 Å². The lowest BCUT2D eigenvalue weighted by atomic mass is 10.0. The quantitative estimate of drug-likeness (QED) is 0.779. The largest absolute Gasteiger partial charge is 0.508 e. The normalized spacial score (nSPS) is 20.9. The van der Waals surface area contributed by atoms with Gasteiger partial charge in [0.1, 0.15) is 5.75 Å². The molecule has 0 radical (unpaired) electrons. The summed E-state index contributed by atoms with van der Waals surface area (Å²) in [6, 6.07) is 5.40. The first-order valence-electron chi connectivity index (χ1n) is 4.44. The van der Waals surface area contributed by atoms with E-state index in [9.17, 15) is 9.90 Å². The van der Waals surface area contributed by atoms with Gasteiger partial charge >= 0.3 is 0 Å². The number of rotatable bonds is 1. The van der Waals surface area contributed by atoms with Crippen LogP contribution in [-0.2, 0) is 4.79 Å². The number of benzene rings is 1. The highest BCUT2D eigenvalue weighted by Gasteiger charge is 2.24. The van der Waals surface area contributed by atoms with Gasteiger partial charge in [0.25, 0.3) is 0 Å². The Labute approximate surface area is 95.7 Å². The molecule has 0 saturated carbocycles. The molecule has 1 amide bonds. The molecule has 1 aliphatic heterocycles. The molecule has 1 saturated heterocycles. The van der Waals surface area contributed by atoms with Gasteiger partial charge in [0.2, 0.25) is 5.91 Å². The lowest BCUT2D eigenvalue weighted by molar-refractivity contribution is -0.119. The molecule has 74 valence electrons. The molecule has 0 aromatic heterocycles. The van der Waals surface area contributed by atoms with Crippen molar-refractivity contribution in [3.63, 3.8) is 0 Å². The van der Waals surface area contributed by atoms with Crippen molar-refractivity contribution >= 4 is 28.5 Å². The molecule has 1 atom stereocenters. The molecule has 2 rings (SSSR count). The van der Waals surface area contributed by atoms with Gasteiger partial charge in [-0.15, -0.1) is 0 Å². The Morgan fingerprint density at radius 2 is 2.29 bits per heavy atom. The van der Waals surface area contributed by atoms with Crippen molar-refractivity contribution in [1.82, 2.24) is 5.32 Å². The summed E-state index contributed by atoms with van der Waals surface area (Å²) in [5, 5.41) is 12.5. The first-order valence-corrected chi connectivity index (χ1v) is 5.52. The van der Waals surface area contributed by atoms with E-state index in [1.165, 1.54) is 0 Å². The van der Waals surface area contributed by atoms with E-state index < -0.39 is 0 Å². The third-order valence-electron chi connectivity index (χ3n) is 2.36. The van der Waals surface area contributed by atoms with Gasteiger partial charge in [-0.25, -0.2) is 0 Å². The molecule has 14 heavy (non-hydrogen) atoms. The van der Waals surface area contributed by atoms with Crippen LogP contribution in [0.15, 0.2) is 18.2 Å². The van der Waals surface area contributed by atoms with Crippen LogP contribution in [0.4, 0.5) is 0 Å². The van der Waals surface area contributed by atoms with Gasteiger partial charge < -0.3 is 10.4 Å². The Kier molecular flexibility index (Phi) is 2.62. The number of carbonyl (C=O) groups is 1. The van der Waals surface area contributed by atoms with Gasteiger partial charge in [0, 0.05) is 15.6 Å². The predicted octanol–water partition coefficient (Wildman–Crippen LogP) is 1.95. The van der Waals surface area contributed by atoms with E-state index in [4.69, 9.17) is 0 Å². The van der Waals surface area contributed by atoms with Crippen LogP contribution in [0.5, 0.6) is 5.75 Å². The van der Waals surface area contributed by atoms with E-state index in [2.05, 4.69) is 27.9 Å². The van der Waals surface area contributed by atoms with E-state index >= 15 is 0 Å². The second-order valence-electron chi connectivity index (χ2n) is 3.36. The van der Waals surface area contributed by atoms with Crippen molar-refractivity contribution in [2.24, 2.45) is 0 Å². The van der Waals surface area contributed by atoms with Gasteiger partial charge in [-0.2, -0.15) is 0 Å². The zero-order valence-corrected chi connectivity index (χ0v) is 9.61. The highest BCUT2D eigenvalue weighted by Crippen LogP contribution is 2.31. The van der Waals surface area contributed by atoms with Crippen LogP contribution in [0.2, 0.25) is 0 Å². The number of nitrogens with one attached hydrogen (secondary N) is 1. The average Bonchev–Trinajstić information content (AvgIpc) is 2.56. The monoisotopic (exact) mass is 303 g/mol. The molecule has 4 heteroatoms. The van der Waals surface area contributed by atoms with Gasteiger partial charge in [-0.05, 0) is 47.2 Å². The minimum absolute atomic E-state index is 0.0165. The first-order chi connectivity index (χ1) is 6.66. The third kappa shape index (κ3) is 1.84. The van der Waals surface area contributed by atoms with Crippen molar-refractivity contribution in [1.29, 1.82) is 0 Å². The summed E-state index contributed by atoms with van der Waals surface area (Å²) in [5.41, 5.74) is 0.822. The molecule has 0 spiro atoms. The van der Waals surface area contributed by atoms with Crippen LogP contribution < -0.4 is 5.32 Å². The Morgan fingerprint density at radius 1 is 1.50 bits per heavy atom. The summed E-state index contributed by atoms with van der Waals surface area (Å²) in [7, 11) is 0. The predicted molar refractivity (Wildman–Crippen MR) is 60.9 cm³/mol. The minimum Gasteiger partial charge on any atom is -0.508 e. The smallest absolute Gasteiger partial charge is 0.220 e. The van der Waals surface area contributed by atoms with Crippen molar-refractivity contribution in [2.75, 3.05) is 0 Å². The maximum absolute atomic E-state index is 11.0. The molecular formula is C10H10INO2. The summed E-state index contributed by atoms with van der Waals surface area (Å²) in [6.07, 6.45) is 1.32. The summed E-state index contributed by atoms with van der Waals surface area (Å²) < 4.78 is 1.07. The number of carbonyl (C=O) groups excluding carboxylic acids is 1.